The molecule has 0 saturated heterocycles. The van der Waals surface area contributed by atoms with Crippen molar-refractivity contribution < 1.29 is 13.9 Å². The van der Waals surface area contributed by atoms with Crippen molar-refractivity contribution in [2.75, 3.05) is 0 Å². The van der Waals surface area contributed by atoms with Crippen molar-refractivity contribution in [1.82, 2.24) is 9.97 Å². The van der Waals surface area contributed by atoms with E-state index in [-0.39, 0.29) is 5.89 Å². The second-order valence-corrected chi connectivity index (χ2v) is 3.56. The zero-order valence-electron chi connectivity index (χ0n) is 9.24. The van der Waals surface area contributed by atoms with E-state index in [9.17, 15) is 4.79 Å². The van der Waals surface area contributed by atoms with Crippen LogP contribution in [-0.2, 0) is 0 Å². The van der Waals surface area contributed by atoms with Crippen molar-refractivity contribution in [2.24, 2.45) is 0 Å². The maximum Gasteiger partial charge on any atom is 0.400 e. The number of hydrogen-bond acceptors (Lipinski definition) is 5. The third kappa shape index (κ3) is 1.93. The van der Waals surface area contributed by atoms with E-state index in [1.54, 1.807) is 30.5 Å². The van der Waals surface area contributed by atoms with E-state index in [0.717, 1.165) is 0 Å². The van der Waals surface area contributed by atoms with Crippen LogP contribution >= 0.6 is 0 Å². The fourth-order valence-corrected chi connectivity index (χ4v) is 1.52. The van der Waals surface area contributed by atoms with Gasteiger partial charge in [-0.05, 0) is 24.3 Å². The molecular formula is C13H8N2O3. The first-order chi connectivity index (χ1) is 8.83. The summed E-state index contributed by atoms with van der Waals surface area (Å²) in [4.78, 5) is 19.7. The number of carbonyl (C=O) groups excluding carboxylic acids is 1. The van der Waals surface area contributed by atoms with Crippen LogP contribution in [0.25, 0.3) is 11.1 Å². The molecule has 2 heterocycles. The predicted octanol–water partition coefficient (Wildman–Crippen LogP) is 2.44. The molecule has 3 rings (SSSR count). The lowest BCUT2D eigenvalue weighted by Crippen LogP contribution is -2.08. The van der Waals surface area contributed by atoms with Crippen LogP contribution < -0.4 is 4.74 Å². The van der Waals surface area contributed by atoms with Gasteiger partial charge in [-0.25, -0.2) is 9.78 Å². The number of fused-ring (bicyclic) bond motifs is 1. The van der Waals surface area contributed by atoms with Crippen molar-refractivity contribution >= 4 is 17.1 Å². The van der Waals surface area contributed by atoms with E-state index < -0.39 is 5.97 Å². The van der Waals surface area contributed by atoms with Gasteiger partial charge in [0.1, 0.15) is 11.3 Å². The molecule has 0 radical (unpaired) electrons. The molecule has 0 N–H and O–H groups in total. The van der Waals surface area contributed by atoms with E-state index in [0.29, 0.717) is 16.8 Å². The number of oxazole rings is 1. The van der Waals surface area contributed by atoms with Crippen molar-refractivity contribution in [3.05, 3.63) is 54.7 Å². The van der Waals surface area contributed by atoms with Crippen molar-refractivity contribution in [3.8, 4) is 5.75 Å². The number of benzene rings is 1. The van der Waals surface area contributed by atoms with Crippen LogP contribution in [0.3, 0.4) is 0 Å². The number of para-hydroxylation sites is 2. The first-order valence-corrected chi connectivity index (χ1v) is 5.31. The molecule has 0 bridgehead atoms. The molecule has 0 fully saturated rings. The molecule has 5 nitrogen and oxygen atoms in total. The van der Waals surface area contributed by atoms with E-state index in [2.05, 4.69) is 9.97 Å². The van der Waals surface area contributed by atoms with Crippen LogP contribution in [0.4, 0.5) is 0 Å². The molecule has 0 spiro atoms. The van der Waals surface area contributed by atoms with Crippen LogP contribution in [0.1, 0.15) is 10.7 Å². The summed E-state index contributed by atoms with van der Waals surface area (Å²) in [6, 6.07) is 10.4. The molecule has 0 saturated carbocycles. The highest BCUT2D eigenvalue weighted by Gasteiger charge is 2.16. The smallest absolute Gasteiger partial charge is 0.400 e. The Balaban J connectivity index is 1.88. The second kappa shape index (κ2) is 4.29. The summed E-state index contributed by atoms with van der Waals surface area (Å²) in [5.41, 5.74) is 1.17. The fraction of sp³-hybridized carbons (Fsp3) is 0. The molecule has 0 aliphatic heterocycles. The summed E-state index contributed by atoms with van der Waals surface area (Å²) in [6.45, 7) is 0. The Hall–Kier alpha value is -2.69. The van der Waals surface area contributed by atoms with Crippen LogP contribution in [0.5, 0.6) is 5.75 Å². The zero-order valence-corrected chi connectivity index (χ0v) is 9.24. The maximum atomic E-state index is 11.8. The summed E-state index contributed by atoms with van der Waals surface area (Å²) < 4.78 is 10.4. The van der Waals surface area contributed by atoms with Gasteiger partial charge in [0.05, 0.1) is 6.20 Å². The zero-order chi connectivity index (χ0) is 12.4. The standard InChI is InChI=1S/C13H8N2O3/c16-13(17-9-4-3-7-14-8-9)12-15-10-5-1-2-6-11(10)18-12/h1-8H. The number of nitrogens with zero attached hydrogens (tertiary/aromatic N) is 2. The summed E-state index contributed by atoms with van der Waals surface area (Å²) in [7, 11) is 0. The van der Waals surface area contributed by atoms with Crippen LogP contribution in [-0.4, -0.2) is 15.9 Å². The van der Waals surface area contributed by atoms with Gasteiger partial charge < -0.3 is 9.15 Å². The molecule has 1 aromatic carbocycles. The SMILES string of the molecule is O=C(Oc1cccnc1)c1nc2ccccc2o1. The first kappa shape index (κ1) is 10.5. The number of esters is 1. The Morgan fingerprint density at radius 1 is 1.17 bits per heavy atom. The van der Waals surface area contributed by atoms with Crippen molar-refractivity contribution in [3.63, 3.8) is 0 Å². The van der Waals surface area contributed by atoms with Crippen LogP contribution in [0.2, 0.25) is 0 Å². The molecule has 0 aliphatic carbocycles. The first-order valence-electron chi connectivity index (χ1n) is 5.31. The molecule has 0 aliphatic rings. The van der Waals surface area contributed by atoms with Gasteiger partial charge in [0.15, 0.2) is 5.58 Å². The molecule has 5 heteroatoms. The quantitative estimate of drug-likeness (QED) is 0.643. The Morgan fingerprint density at radius 2 is 2.06 bits per heavy atom. The highest BCUT2D eigenvalue weighted by Crippen LogP contribution is 2.16. The minimum atomic E-state index is -0.640. The Labute approximate surface area is 102 Å². The van der Waals surface area contributed by atoms with Gasteiger partial charge in [0.2, 0.25) is 0 Å². The maximum absolute atomic E-state index is 11.8. The van der Waals surface area contributed by atoms with Crippen LogP contribution in [0.15, 0.2) is 53.2 Å². The molecule has 0 amide bonds. The topological polar surface area (TPSA) is 65.2 Å². The number of rotatable bonds is 2. The Kier molecular flexibility index (Phi) is 2.49. The summed E-state index contributed by atoms with van der Waals surface area (Å²) in [6.07, 6.45) is 3.04. The second-order valence-electron chi connectivity index (χ2n) is 3.56. The number of carbonyl (C=O) groups is 1. The lowest BCUT2D eigenvalue weighted by molar-refractivity contribution is 0.0695. The minimum Gasteiger partial charge on any atom is -0.431 e. The van der Waals surface area contributed by atoms with Gasteiger partial charge >= 0.3 is 11.9 Å². The number of aromatic nitrogens is 2. The third-order valence-corrected chi connectivity index (χ3v) is 2.31. The van der Waals surface area contributed by atoms with E-state index in [1.807, 2.05) is 12.1 Å². The lowest BCUT2D eigenvalue weighted by Gasteiger charge is -1.98. The van der Waals surface area contributed by atoms with Gasteiger partial charge in [0.25, 0.3) is 0 Å². The average Bonchev–Trinajstić information content (AvgIpc) is 2.84. The normalized spacial score (nSPS) is 10.4. The number of hydrogen-bond donors (Lipinski definition) is 0. The van der Waals surface area contributed by atoms with Crippen molar-refractivity contribution in [1.29, 1.82) is 0 Å². The minimum absolute atomic E-state index is 0.0694. The van der Waals surface area contributed by atoms with Crippen molar-refractivity contribution in [2.45, 2.75) is 0 Å². The molecule has 0 atom stereocenters. The Bertz CT molecular complexity index is 659. The highest BCUT2D eigenvalue weighted by atomic mass is 16.5. The fourth-order valence-electron chi connectivity index (χ4n) is 1.52. The van der Waals surface area contributed by atoms with Gasteiger partial charge in [0, 0.05) is 6.20 Å². The molecule has 18 heavy (non-hydrogen) atoms. The van der Waals surface area contributed by atoms with Gasteiger partial charge in [-0.15, -0.1) is 0 Å². The summed E-state index contributed by atoms with van der Waals surface area (Å²) >= 11 is 0. The molecule has 3 aromatic rings. The number of ether oxygens (including phenoxy) is 1. The van der Waals surface area contributed by atoms with Gasteiger partial charge in [-0.2, -0.15) is 0 Å². The monoisotopic (exact) mass is 240 g/mol. The molecule has 0 unspecified atom stereocenters. The number of pyridine rings is 1. The lowest BCUT2D eigenvalue weighted by atomic mass is 10.3. The summed E-state index contributed by atoms with van der Waals surface area (Å²) in [5.74, 6) is -0.357. The molecular weight excluding hydrogens is 232 g/mol. The van der Waals surface area contributed by atoms with Crippen LogP contribution in [0, 0.1) is 0 Å². The predicted molar refractivity (Wildman–Crippen MR) is 63.2 cm³/mol. The summed E-state index contributed by atoms with van der Waals surface area (Å²) in [5, 5.41) is 0. The average molecular weight is 240 g/mol. The Morgan fingerprint density at radius 3 is 2.83 bits per heavy atom. The van der Waals surface area contributed by atoms with E-state index in [1.165, 1.54) is 6.20 Å². The highest BCUT2D eigenvalue weighted by molar-refractivity contribution is 5.89. The van der Waals surface area contributed by atoms with E-state index in [4.69, 9.17) is 9.15 Å². The van der Waals surface area contributed by atoms with Gasteiger partial charge in [-0.1, -0.05) is 12.1 Å². The molecule has 2 aromatic heterocycles. The van der Waals surface area contributed by atoms with E-state index >= 15 is 0 Å². The van der Waals surface area contributed by atoms with Gasteiger partial charge in [-0.3, -0.25) is 4.98 Å². The largest absolute Gasteiger partial charge is 0.431 e. The third-order valence-electron chi connectivity index (χ3n) is 2.31. The molecule has 88 valence electrons.